The highest BCUT2D eigenvalue weighted by Crippen LogP contribution is 2.27. The minimum absolute atomic E-state index is 0.262. The molecule has 0 radical (unpaired) electrons. The van der Waals surface area contributed by atoms with Crippen molar-refractivity contribution in [1.82, 2.24) is 0 Å². The zero-order chi connectivity index (χ0) is 12.4. The fourth-order valence-electron chi connectivity index (χ4n) is 1.43. The molecule has 1 aromatic heterocycles. The quantitative estimate of drug-likeness (QED) is 0.900. The Labute approximate surface area is 112 Å². The van der Waals surface area contributed by atoms with Crippen LogP contribution in [0.15, 0.2) is 39.6 Å². The number of hydrogen-bond acceptors (Lipinski definition) is 2. The number of carbonyl (C=O) groups is 1. The molecule has 88 valence electrons. The van der Waals surface area contributed by atoms with Crippen molar-refractivity contribution in [3.05, 3.63) is 51.3 Å². The second-order valence-corrected chi connectivity index (χ2v) is 4.62. The van der Waals surface area contributed by atoms with Crippen molar-refractivity contribution in [2.24, 2.45) is 0 Å². The monoisotopic (exact) mass is 313 g/mol. The number of furan rings is 1. The second kappa shape index (κ2) is 4.94. The van der Waals surface area contributed by atoms with Crippen LogP contribution in [-0.4, -0.2) is 5.91 Å². The number of nitrogens with one attached hydrogen (secondary N) is 1. The lowest BCUT2D eigenvalue weighted by Crippen LogP contribution is -2.12. The highest BCUT2D eigenvalue weighted by atomic mass is 79.9. The Morgan fingerprint density at radius 2 is 2.18 bits per heavy atom. The van der Waals surface area contributed by atoms with Crippen LogP contribution in [0.1, 0.15) is 15.9 Å². The van der Waals surface area contributed by atoms with Crippen LogP contribution in [-0.2, 0) is 0 Å². The molecule has 5 heteroatoms. The Hall–Kier alpha value is -1.26. The Balaban J connectivity index is 2.28. The molecule has 0 unspecified atom stereocenters. The Bertz CT molecular complexity index is 545. The van der Waals surface area contributed by atoms with E-state index in [0.29, 0.717) is 20.9 Å². The summed E-state index contributed by atoms with van der Waals surface area (Å²) in [4.78, 5) is 11.9. The van der Waals surface area contributed by atoms with E-state index < -0.39 is 0 Å². The summed E-state index contributed by atoms with van der Waals surface area (Å²) < 4.78 is 5.41. The van der Waals surface area contributed by atoms with Crippen molar-refractivity contribution < 1.29 is 9.21 Å². The van der Waals surface area contributed by atoms with Gasteiger partial charge in [0.2, 0.25) is 0 Å². The molecule has 0 spiro atoms. The standard InChI is InChI=1S/C12H9BrClNO2/c1-7-3-2-4-9(14)10(7)15-12(16)8-5-6-17-11(8)13/h2-6H,1H3,(H,15,16). The van der Waals surface area contributed by atoms with Gasteiger partial charge in [0.05, 0.1) is 22.5 Å². The van der Waals surface area contributed by atoms with Crippen LogP contribution < -0.4 is 5.32 Å². The van der Waals surface area contributed by atoms with Crippen molar-refractivity contribution in [3.63, 3.8) is 0 Å². The summed E-state index contributed by atoms with van der Waals surface area (Å²) in [5, 5.41) is 3.27. The van der Waals surface area contributed by atoms with Crippen LogP contribution in [0.3, 0.4) is 0 Å². The molecule has 0 bridgehead atoms. The number of anilines is 1. The highest BCUT2D eigenvalue weighted by molar-refractivity contribution is 9.10. The first-order valence-corrected chi connectivity index (χ1v) is 6.06. The summed E-state index contributed by atoms with van der Waals surface area (Å²) in [7, 11) is 0. The molecule has 0 saturated heterocycles. The Morgan fingerprint density at radius 1 is 1.41 bits per heavy atom. The number of para-hydroxylation sites is 1. The first-order chi connectivity index (χ1) is 8.09. The van der Waals surface area contributed by atoms with E-state index in [2.05, 4.69) is 21.2 Å². The van der Waals surface area contributed by atoms with Gasteiger partial charge in [-0.1, -0.05) is 23.7 Å². The predicted octanol–water partition coefficient (Wildman–Crippen LogP) is 4.26. The predicted molar refractivity (Wildman–Crippen MR) is 70.6 cm³/mol. The van der Waals surface area contributed by atoms with E-state index in [4.69, 9.17) is 16.0 Å². The SMILES string of the molecule is Cc1cccc(Cl)c1NC(=O)c1ccoc1Br. The van der Waals surface area contributed by atoms with Gasteiger partial charge in [0.15, 0.2) is 4.67 Å². The smallest absolute Gasteiger partial charge is 0.260 e. The molecular weight excluding hydrogens is 305 g/mol. The molecule has 1 amide bonds. The zero-order valence-corrected chi connectivity index (χ0v) is 11.3. The van der Waals surface area contributed by atoms with Crippen LogP contribution in [0.4, 0.5) is 5.69 Å². The van der Waals surface area contributed by atoms with Crippen molar-refractivity contribution in [1.29, 1.82) is 0 Å². The van der Waals surface area contributed by atoms with Crippen LogP contribution in [0.25, 0.3) is 0 Å². The van der Waals surface area contributed by atoms with Gasteiger partial charge in [-0.2, -0.15) is 0 Å². The van der Waals surface area contributed by atoms with Crippen molar-refractivity contribution in [2.75, 3.05) is 5.32 Å². The molecule has 2 rings (SSSR count). The van der Waals surface area contributed by atoms with E-state index >= 15 is 0 Å². The molecule has 2 aromatic rings. The number of amides is 1. The largest absolute Gasteiger partial charge is 0.457 e. The van der Waals surface area contributed by atoms with Gasteiger partial charge in [-0.25, -0.2) is 0 Å². The van der Waals surface area contributed by atoms with Gasteiger partial charge in [0, 0.05) is 0 Å². The van der Waals surface area contributed by atoms with Crippen LogP contribution in [0, 0.1) is 6.92 Å². The maximum Gasteiger partial charge on any atom is 0.260 e. The molecule has 1 aromatic carbocycles. The number of aryl methyl sites for hydroxylation is 1. The molecule has 3 nitrogen and oxygen atoms in total. The first kappa shape index (κ1) is 12.2. The summed E-state index contributed by atoms with van der Waals surface area (Å²) in [6.45, 7) is 1.88. The lowest BCUT2D eigenvalue weighted by molar-refractivity contribution is 0.102. The van der Waals surface area contributed by atoms with Gasteiger partial charge in [0.1, 0.15) is 0 Å². The zero-order valence-electron chi connectivity index (χ0n) is 8.96. The van der Waals surface area contributed by atoms with Gasteiger partial charge in [-0.15, -0.1) is 0 Å². The maximum atomic E-state index is 11.9. The van der Waals surface area contributed by atoms with E-state index in [1.165, 1.54) is 6.26 Å². The topological polar surface area (TPSA) is 42.2 Å². The molecule has 0 atom stereocenters. The lowest BCUT2D eigenvalue weighted by Gasteiger charge is -2.09. The fourth-order valence-corrected chi connectivity index (χ4v) is 2.12. The second-order valence-electron chi connectivity index (χ2n) is 3.49. The maximum absolute atomic E-state index is 11.9. The minimum Gasteiger partial charge on any atom is -0.457 e. The molecule has 0 aliphatic rings. The molecular formula is C12H9BrClNO2. The summed E-state index contributed by atoms with van der Waals surface area (Å²) >= 11 is 9.18. The number of rotatable bonds is 2. The summed E-state index contributed by atoms with van der Waals surface area (Å²) in [5.41, 5.74) is 1.96. The van der Waals surface area contributed by atoms with Gasteiger partial charge < -0.3 is 9.73 Å². The van der Waals surface area contributed by atoms with Gasteiger partial charge in [-0.05, 0) is 40.5 Å². The lowest BCUT2D eigenvalue weighted by atomic mass is 10.2. The third kappa shape index (κ3) is 2.53. The molecule has 0 aliphatic carbocycles. The van der Waals surface area contributed by atoms with Crippen LogP contribution in [0.2, 0.25) is 5.02 Å². The van der Waals surface area contributed by atoms with Crippen molar-refractivity contribution >= 4 is 39.1 Å². The van der Waals surface area contributed by atoms with Gasteiger partial charge in [0.25, 0.3) is 5.91 Å². The van der Waals surface area contributed by atoms with Gasteiger partial charge >= 0.3 is 0 Å². The average molecular weight is 315 g/mol. The number of benzene rings is 1. The molecule has 1 N–H and O–H groups in total. The van der Waals surface area contributed by atoms with E-state index in [9.17, 15) is 4.79 Å². The number of hydrogen-bond donors (Lipinski definition) is 1. The van der Waals surface area contributed by atoms with Gasteiger partial charge in [-0.3, -0.25) is 4.79 Å². The fraction of sp³-hybridized carbons (Fsp3) is 0.0833. The molecule has 0 fully saturated rings. The Morgan fingerprint density at radius 3 is 2.76 bits per heavy atom. The van der Waals surface area contributed by atoms with Crippen molar-refractivity contribution in [3.8, 4) is 0 Å². The first-order valence-electron chi connectivity index (χ1n) is 4.89. The van der Waals surface area contributed by atoms with Crippen LogP contribution >= 0.6 is 27.5 Å². The summed E-state index contributed by atoms with van der Waals surface area (Å²) in [5.74, 6) is -0.262. The number of carbonyl (C=O) groups excluding carboxylic acids is 1. The van der Waals surface area contributed by atoms with E-state index in [-0.39, 0.29) is 5.91 Å². The van der Waals surface area contributed by atoms with E-state index in [0.717, 1.165) is 5.56 Å². The molecule has 0 aliphatic heterocycles. The number of halogens is 2. The third-order valence-corrected chi connectivity index (χ3v) is 3.25. The average Bonchev–Trinajstić information content (AvgIpc) is 2.70. The van der Waals surface area contributed by atoms with E-state index in [1.807, 2.05) is 19.1 Å². The summed E-state index contributed by atoms with van der Waals surface area (Å²) in [6, 6.07) is 7.03. The normalized spacial score (nSPS) is 10.3. The van der Waals surface area contributed by atoms with Crippen LogP contribution in [0.5, 0.6) is 0 Å². The van der Waals surface area contributed by atoms with E-state index in [1.54, 1.807) is 12.1 Å². The minimum atomic E-state index is -0.262. The molecule has 17 heavy (non-hydrogen) atoms. The third-order valence-electron chi connectivity index (χ3n) is 2.32. The molecule has 0 saturated carbocycles. The Kier molecular flexibility index (Phi) is 3.54. The highest BCUT2D eigenvalue weighted by Gasteiger charge is 2.14. The summed E-state index contributed by atoms with van der Waals surface area (Å²) in [6.07, 6.45) is 1.44. The molecule has 1 heterocycles. The van der Waals surface area contributed by atoms with Crippen molar-refractivity contribution in [2.45, 2.75) is 6.92 Å².